The number of imide groups is 2. The van der Waals surface area contributed by atoms with Crippen molar-refractivity contribution in [3.05, 3.63) is 107 Å². The number of hydrogen-bond donors (Lipinski definition) is 0. The number of rotatable bonds is 7. The van der Waals surface area contributed by atoms with Crippen LogP contribution in [0.4, 0.5) is 4.79 Å². The molecule has 3 aliphatic rings. The molecule has 2 fully saturated rings. The van der Waals surface area contributed by atoms with Gasteiger partial charge in [-0.05, 0) is 23.3 Å². The predicted octanol–water partition coefficient (Wildman–Crippen LogP) is 4.30. The van der Waals surface area contributed by atoms with Crippen LogP contribution in [0.15, 0.2) is 84.9 Å². The van der Waals surface area contributed by atoms with Crippen LogP contribution in [-0.4, -0.2) is 64.6 Å². The number of benzene rings is 3. The van der Waals surface area contributed by atoms with Gasteiger partial charge in [0.05, 0.1) is 23.8 Å². The minimum atomic E-state index is -1.34. The fourth-order valence-corrected chi connectivity index (χ4v) is 5.82. The third kappa shape index (κ3) is 5.18. The summed E-state index contributed by atoms with van der Waals surface area (Å²) >= 11 is 0. The molecule has 3 heterocycles. The van der Waals surface area contributed by atoms with Crippen LogP contribution in [0.5, 0.6) is 0 Å². The van der Waals surface area contributed by atoms with Gasteiger partial charge in [0.15, 0.2) is 6.10 Å². The molecule has 0 N–H and O–H groups in total. The summed E-state index contributed by atoms with van der Waals surface area (Å²) in [5.41, 5.74) is 1.06. The molecule has 6 rings (SSSR count). The van der Waals surface area contributed by atoms with Crippen molar-refractivity contribution in [2.24, 2.45) is 5.41 Å². The standard InChI is InChI=1S/C33H30N2O8/c1-33(2)19-41-31(39)27(33)42-26-18-24(21-13-7-4-8-14-21)35(32(40)43-26)30(38)25(17-20-11-5-3-6-12-20)34-28(36)22-15-9-10-16-23(22)29(34)37/h3-16,24-27H,17-19H2,1-2H3/t24-,25-,26-,27+/m1/s1. The van der Waals surface area contributed by atoms with Crippen molar-refractivity contribution in [2.75, 3.05) is 6.61 Å². The van der Waals surface area contributed by atoms with Gasteiger partial charge in [-0.25, -0.2) is 14.5 Å². The number of ether oxygens (including phenoxy) is 3. The molecule has 10 heteroatoms. The Hall–Kier alpha value is -4.83. The van der Waals surface area contributed by atoms with Gasteiger partial charge in [0.1, 0.15) is 6.04 Å². The van der Waals surface area contributed by atoms with Crippen molar-refractivity contribution < 1.29 is 38.2 Å². The zero-order chi connectivity index (χ0) is 30.3. The molecule has 10 nitrogen and oxygen atoms in total. The number of cyclic esters (lactones) is 2. The van der Waals surface area contributed by atoms with Crippen molar-refractivity contribution in [1.82, 2.24) is 9.80 Å². The van der Waals surface area contributed by atoms with E-state index in [0.717, 1.165) is 9.80 Å². The topological polar surface area (TPSA) is 120 Å². The number of nitrogens with zero attached hydrogens (tertiary/aromatic N) is 2. The Morgan fingerprint density at radius 1 is 0.884 bits per heavy atom. The lowest BCUT2D eigenvalue weighted by Crippen LogP contribution is -2.57. The second kappa shape index (κ2) is 11.1. The number of esters is 1. The second-order valence-corrected chi connectivity index (χ2v) is 11.5. The lowest BCUT2D eigenvalue weighted by Gasteiger charge is -2.40. The van der Waals surface area contributed by atoms with E-state index >= 15 is 0 Å². The maximum Gasteiger partial charge on any atom is 0.419 e. The normalized spacial score (nSPS) is 23.5. The average molecular weight is 583 g/mol. The Bertz CT molecular complexity index is 1550. The van der Waals surface area contributed by atoms with E-state index in [1.807, 2.05) is 19.9 Å². The second-order valence-electron chi connectivity index (χ2n) is 11.5. The van der Waals surface area contributed by atoms with E-state index in [4.69, 9.17) is 14.2 Å². The summed E-state index contributed by atoms with van der Waals surface area (Å²) in [5, 5.41) is 0. The highest BCUT2D eigenvalue weighted by atomic mass is 16.7. The average Bonchev–Trinajstić information content (AvgIpc) is 3.42. The molecule has 3 aromatic rings. The van der Waals surface area contributed by atoms with E-state index in [2.05, 4.69) is 0 Å². The molecule has 0 aromatic heterocycles. The number of fused-ring (bicyclic) bond motifs is 1. The molecule has 43 heavy (non-hydrogen) atoms. The Labute approximate surface area is 248 Å². The molecule has 2 saturated heterocycles. The van der Waals surface area contributed by atoms with Crippen molar-refractivity contribution in [1.29, 1.82) is 0 Å². The molecule has 220 valence electrons. The zero-order valence-corrected chi connectivity index (χ0v) is 23.7. The highest BCUT2D eigenvalue weighted by Gasteiger charge is 2.51. The van der Waals surface area contributed by atoms with Crippen LogP contribution >= 0.6 is 0 Å². The van der Waals surface area contributed by atoms with Crippen LogP contribution in [0.25, 0.3) is 0 Å². The van der Waals surface area contributed by atoms with E-state index in [1.54, 1.807) is 78.9 Å². The van der Waals surface area contributed by atoms with Gasteiger partial charge in [0.25, 0.3) is 17.7 Å². The van der Waals surface area contributed by atoms with Crippen LogP contribution < -0.4 is 0 Å². The SMILES string of the molecule is CC1(C)COC(=O)[C@@H]1O[C@H]1C[C@H](c2ccccc2)N(C(=O)[C@@H](Cc2ccccc2)N2C(=O)c3ccccc3C2=O)C(=O)O1. The fourth-order valence-electron chi connectivity index (χ4n) is 5.82. The molecule has 4 amide bonds. The zero-order valence-electron chi connectivity index (χ0n) is 23.7. The Morgan fingerprint density at radius 3 is 2.05 bits per heavy atom. The Morgan fingerprint density at radius 2 is 1.47 bits per heavy atom. The Balaban J connectivity index is 1.36. The van der Waals surface area contributed by atoms with E-state index < -0.39 is 59.7 Å². The van der Waals surface area contributed by atoms with Crippen molar-refractivity contribution in [2.45, 2.75) is 51.2 Å². The quantitative estimate of drug-likeness (QED) is 0.299. The Kier molecular flexibility index (Phi) is 7.31. The van der Waals surface area contributed by atoms with Crippen LogP contribution in [0, 0.1) is 5.41 Å². The summed E-state index contributed by atoms with van der Waals surface area (Å²) < 4.78 is 16.8. The number of hydrogen-bond acceptors (Lipinski definition) is 8. The molecule has 0 bridgehead atoms. The smallest absolute Gasteiger partial charge is 0.419 e. The number of carbonyl (C=O) groups excluding carboxylic acids is 5. The van der Waals surface area contributed by atoms with Crippen molar-refractivity contribution >= 4 is 29.8 Å². The van der Waals surface area contributed by atoms with E-state index in [9.17, 15) is 24.0 Å². The highest BCUT2D eigenvalue weighted by Crippen LogP contribution is 2.38. The van der Waals surface area contributed by atoms with Gasteiger partial charge in [0.2, 0.25) is 6.29 Å². The molecule has 0 radical (unpaired) electrons. The van der Waals surface area contributed by atoms with Crippen LogP contribution in [0.1, 0.15) is 58.2 Å². The molecule has 0 aliphatic carbocycles. The van der Waals surface area contributed by atoms with Gasteiger partial charge >= 0.3 is 12.1 Å². The van der Waals surface area contributed by atoms with Gasteiger partial charge in [0, 0.05) is 18.3 Å². The summed E-state index contributed by atoms with van der Waals surface area (Å²) in [6.45, 7) is 3.79. The summed E-state index contributed by atoms with van der Waals surface area (Å²) in [6, 6.07) is 22.0. The van der Waals surface area contributed by atoms with Gasteiger partial charge in [-0.3, -0.25) is 19.3 Å². The molecule has 0 spiro atoms. The third-order valence-electron chi connectivity index (χ3n) is 8.07. The summed E-state index contributed by atoms with van der Waals surface area (Å²) in [7, 11) is 0. The molecular formula is C33H30N2O8. The van der Waals surface area contributed by atoms with Crippen molar-refractivity contribution in [3.63, 3.8) is 0 Å². The van der Waals surface area contributed by atoms with E-state index in [0.29, 0.717) is 11.1 Å². The maximum atomic E-state index is 14.5. The predicted molar refractivity (Wildman–Crippen MR) is 151 cm³/mol. The van der Waals surface area contributed by atoms with Crippen LogP contribution in [0.2, 0.25) is 0 Å². The molecule has 3 aliphatic heterocycles. The first-order chi connectivity index (χ1) is 20.7. The summed E-state index contributed by atoms with van der Waals surface area (Å²) in [5.74, 6) is -2.54. The summed E-state index contributed by atoms with van der Waals surface area (Å²) in [4.78, 5) is 69.6. The molecule has 4 atom stereocenters. The van der Waals surface area contributed by atoms with Gasteiger partial charge in [-0.15, -0.1) is 0 Å². The van der Waals surface area contributed by atoms with E-state index in [1.165, 1.54) is 0 Å². The molecule has 0 saturated carbocycles. The maximum absolute atomic E-state index is 14.5. The van der Waals surface area contributed by atoms with Gasteiger partial charge in [-0.1, -0.05) is 86.6 Å². The summed E-state index contributed by atoms with van der Waals surface area (Å²) in [6.07, 6.45) is -3.12. The first-order valence-corrected chi connectivity index (χ1v) is 14.1. The van der Waals surface area contributed by atoms with Gasteiger partial charge < -0.3 is 14.2 Å². The third-order valence-corrected chi connectivity index (χ3v) is 8.07. The molecule has 0 unspecified atom stereocenters. The minimum Gasteiger partial charge on any atom is -0.463 e. The lowest BCUT2D eigenvalue weighted by molar-refractivity contribution is -0.196. The van der Waals surface area contributed by atoms with E-state index in [-0.39, 0.29) is 30.6 Å². The van der Waals surface area contributed by atoms with Crippen LogP contribution in [-0.2, 0) is 30.2 Å². The first-order valence-electron chi connectivity index (χ1n) is 14.1. The molecule has 3 aromatic carbocycles. The molecular weight excluding hydrogens is 552 g/mol. The minimum absolute atomic E-state index is 0.0154. The lowest BCUT2D eigenvalue weighted by atomic mass is 9.89. The first kappa shape index (κ1) is 28.3. The van der Waals surface area contributed by atoms with Crippen LogP contribution in [0.3, 0.4) is 0 Å². The number of amides is 4. The van der Waals surface area contributed by atoms with Crippen molar-refractivity contribution in [3.8, 4) is 0 Å². The highest BCUT2D eigenvalue weighted by molar-refractivity contribution is 6.23. The van der Waals surface area contributed by atoms with Gasteiger partial charge in [-0.2, -0.15) is 0 Å². The largest absolute Gasteiger partial charge is 0.463 e. The fraction of sp³-hybridized carbons (Fsp3) is 0.303. The monoisotopic (exact) mass is 582 g/mol. The number of carbonyl (C=O) groups is 5.